The molecular formula is C18H20ClNS. The second-order valence-electron chi connectivity index (χ2n) is 5.67. The molecule has 2 N–H and O–H groups in total. The van der Waals surface area contributed by atoms with E-state index < -0.39 is 0 Å². The van der Waals surface area contributed by atoms with Crippen LogP contribution in [0.15, 0.2) is 53.4 Å². The van der Waals surface area contributed by atoms with E-state index >= 15 is 0 Å². The summed E-state index contributed by atoms with van der Waals surface area (Å²) < 4.78 is 0. The van der Waals surface area contributed by atoms with Gasteiger partial charge in [-0.25, -0.2) is 0 Å². The van der Waals surface area contributed by atoms with Crippen LogP contribution < -0.4 is 5.73 Å². The highest BCUT2D eigenvalue weighted by Crippen LogP contribution is 2.36. The van der Waals surface area contributed by atoms with Crippen LogP contribution in [0, 0.1) is 0 Å². The van der Waals surface area contributed by atoms with Gasteiger partial charge in [0, 0.05) is 21.7 Å². The number of hydrogen-bond acceptors (Lipinski definition) is 2. The molecule has 2 aromatic rings. The van der Waals surface area contributed by atoms with Gasteiger partial charge in [-0.1, -0.05) is 42.3 Å². The summed E-state index contributed by atoms with van der Waals surface area (Å²) in [7, 11) is 0. The summed E-state index contributed by atoms with van der Waals surface area (Å²) in [5.74, 6) is 1.67. The molecule has 0 spiro atoms. The van der Waals surface area contributed by atoms with Crippen molar-refractivity contribution in [2.24, 2.45) is 5.73 Å². The van der Waals surface area contributed by atoms with Gasteiger partial charge in [0.15, 0.2) is 0 Å². The smallest absolute Gasteiger partial charge is 0.0406 e. The van der Waals surface area contributed by atoms with Crippen molar-refractivity contribution in [3.05, 3.63) is 64.7 Å². The fourth-order valence-electron chi connectivity index (χ4n) is 2.57. The average molecular weight is 318 g/mol. The molecule has 3 heteroatoms. The van der Waals surface area contributed by atoms with Gasteiger partial charge in [-0.05, 0) is 54.2 Å². The Morgan fingerprint density at radius 2 is 1.71 bits per heavy atom. The molecule has 21 heavy (non-hydrogen) atoms. The summed E-state index contributed by atoms with van der Waals surface area (Å²) in [5.41, 5.74) is 8.99. The van der Waals surface area contributed by atoms with Gasteiger partial charge in [-0.3, -0.25) is 0 Å². The lowest BCUT2D eigenvalue weighted by Crippen LogP contribution is -2.14. The zero-order valence-corrected chi connectivity index (χ0v) is 13.5. The highest BCUT2D eigenvalue weighted by atomic mass is 35.5. The second-order valence-corrected chi connectivity index (χ2v) is 7.20. The van der Waals surface area contributed by atoms with E-state index in [1.165, 1.54) is 35.3 Å². The third-order valence-corrected chi connectivity index (χ3v) is 5.57. The molecule has 1 aliphatic rings. The third kappa shape index (κ3) is 3.82. The molecule has 1 nitrogen and oxygen atoms in total. The number of thioether (sulfide) groups is 1. The molecule has 3 rings (SSSR count). The Morgan fingerprint density at radius 3 is 2.29 bits per heavy atom. The Kier molecular flexibility index (Phi) is 4.89. The van der Waals surface area contributed by atoms with Crippen LogP contribution >= 0.6 is 23.4 Å². The lowest BCUT2D eigenvalue weighted by atomic mass is 9.80. The molecule has 2 aromatic carbocycles. The lowest BCUT2D eigenvalue weighted by Gasteiger charge is -2.26. The van der Waals surface area contributed by atoms with Gasteiger partial charge < -0.3 is 5.73 Å². The number of halogens is 1. The highest BCUT2D eigenvalue weighted by Gasteiger charge is 2.19. The molecule has 0 saturated heterocycles. The summed E-state index contributed by atoms with van der Waals surface area (Å²) in [5, 5.41) is 0.773. The third-order valence-electron chi connectivity index (χ3n) is 4.18. The summed E-state index contributed by atoms with van der Waals surface area (Å²) in [4.78, 5) is 1.21. The molecule has 0 radical (unpaired) electrons. The Balaban J connectivity index is 1.56. The van der Waals surface area contributed by atoms with Gasteiger partial charge >= 0.3 is 0 Å². The van der Waals surface area contributed by atoms with E-state index in [1.807, 2.05) is 24.3 Å². The molecule has 0 bridgehead atoms. The van der Waals surface area contributed by atoms with E-state index in [9.17, 15) is 0 Å². The number of nitrogens with two attached hydrogens (primary N) is 1. The van der Waals surface area contributed by atoms with Crippen LogP contribution in [-0.2, 0) is 0 Å². The van der Waals surface area contributed by atoms with Gasteiger partial charge in [-0.2, -0.15) is 0 Å². The van der Waals surface area contributed by atoms with E-state index in [0.717, 1.165) is 16.7 Å². The van der Waals surface area contributed by atoms with Gasteiger partial charge in [0.2, 0.25) is 0 Å². The molecular weight excluding hydrogens is 298 g/mol. The molecule has 1 atom stereocenters. The van der Waals surface area contributed by atoms with E-state index in [4.69, 9.17) is 17.3 Å². The average Bonchev–Trinajstić information content (AvgIpc) is 2.45. The Labute approximate surface area is 135 Å². The lowest BCUT2D eigenvalue weighted by molar-refractivity contribution is 0.419. The molecule has 1 fully saturated rings. The van der Waals surface area contributed by atoms with Crippen molar-refractivity contribution < 1.29 is 0 Å². The van der Waals surface area contributed by atoms with E-state index in [0.29, 0.717) is 0 Å². The maximum absolute atomic E-state index is 6.30. The summed E-state index contributed by atoms with van der Waals surface area (Å²) in [6.07, 6.45) is 4.07. The van der Waals surface area contributed by atoms with Gasteiger partial charge in [0.05, 0.1) is 0 Å². The monoisotopic (exact) mass is 317 g/mol. The maximum Gasteiger partial charge on any atom is 0.0406 e. The maximum atomic E-state index is 6.30. The zero-order chi connectivity index (χ0) is 14.7. The van der Waals surface area contributed by atoms with Crippen LogP contribution in [0.2, 0.25) is 5.02 Å². The second kappa shape index (κ2) is 6.87. The zero-order valence-electron chi connectivity index (χ0n) is 12.0. The van der Waals surface area contributed by atoms with E-state index in [-0.39, 0.29) is 6.04 Å². The van der Waals surface area contributed by atoms with E-state index in [2.05, 4.69) is 24.3 Å². The first-order valence-corrected chi connectivity index (χ1v) is 8.82. The molecule has 0 aliphatic heterocycles. The van der Waals surface area contributed by atoms with Crippen LogP contribution in [0.3, 0.4) is 0 Å². The van der Waals surface area contributed by atoms with Crippen LogP contribution in [-0.4, -0.2) is 5.75 Å². The predicted octanol–water partition coefficient (Wildman–Crippen LogP) is 5.40. The number of hydrogen-bond donors (Lipinski definition) is 1. The standard InChI is InChI=1S/C18H20ClNS/c19-16-8-10-17(11-9-16)21-12-18(20)15-6-4-14(5-7-15)13-2-1-3-13/h4-11,13,18H,1-3,12,20H2. The van der Waals surface area contributed by atoms with Crippen LogP contribution in [0.25, 0.3) is 0 Å². The van der Waals surface area contributed by atoms with Crippen molar-refractivity contribution in [2.75, 3.05) is 5.75 Å². The van der Waals surface area contributed by atoms with Crippen molar-refractivity contribution >= 4 is 23.4 Å². The first kappa shape index (κ1) is 15.0. The van der Waals surface area contributed by atoms with Crippen molar-refractivity contribution in [2.45, 2.75) is 36.1 Å². The van der Waals surface area contributed by atoms with Crippen LogP contribution in [0.1, 0.15) is 42.3 Å². The summed E-state index contributed by atoms with van der Waals surface area (Å²) in [6, 6.07) is 16.9. The minimum atomic E-state index is 0.0705. The van der Waals surface area contributed by atoms with E-state index in [1.54, 1.807) is 11.8 Å². The first-order valence-electron chi connectivity index (χ1n) is 7.46. The van der Waals surface area contributed by atoms with Crippen LogP contribution in [0.4, 0.5) is 0 Å². The van der Waals surface area contributed by atoms with Crippen molar-refractivity contribution in [1.82, 2.24) is 0 Å². The van der Waals surface area contributed by atoms with Crippen LogP contribution in [0.5, 0.6) is 0 Å². The molecule has 1 unspecified atom stereocenters. The molecule has 0 heterocycles. The van der Waals surface area contributed by atoms with Gasteiger partial charge in [0.1, 0.15) is 0 Å². The normalized spacial score (nSPS) is 16.5. The quantitative estimate of drug-likeness (QED) is 0.747. The minimum Gasteiger partial charge on any atom is -0.323 e. The molecule has 1 saturated carbocycles. The largest absolute Gasteiger partial charge is 0.323 e. The fraction of sp³-hybridized carbons (Fsp3) is 0.333. The summed E-state index contributed by atoms with van der Waals surface area (Å²) >= 11 is 7.67. The number of benzene rings is 2. The van der Waals surface area contributed by atoms with Crippen molar-refractivity contribution in [3.63, 3.8) is 0 Å². The van der Waals surface area contributed by atoms with Gasteiger partial charge in [0.25, 0.3) is 0 Å². The summed E-state index contributed by atoms with van der Waals surface area (Å²) in [6.45, 7) is 0. The Hall–Kier alpha value is -0.960. The SMILES string of the molecule is NC(CSc1ccc(Cl)cc1)c1ccc(C2CCC2)cc1. The molecule has 0 aromatic heterocycles. The van der Waals surface area contributed by atoms with Crippen molar-refractivity contribution in [3.8, 4) is 0 Å². The predicted molar refractivity (Wildman–Crippen MR) is 92.1 cm³/mol. The Morgan fingerprint density at radius 1 is 1.05 bits per heavy atom. The topological polar surface area (TPSA) is 26.0 Å². The van der Waals surface area contributed by atoms with Crippen molar-refractivity contribution in [1.29, 1.82) is 0 Å². The molecule has 0 amide bonds. The highest BCUT2D eigenvalue weighted by molar-refractivity contribution is 7.99. The first-order chi connectivity index (χ1) is 10.2. The molecule has 110 valence electrons. The number of rotatable bonds is 5. The minimum absolute atomic E-state index is 0.0705. The molecule has 1 aliphatic carbocycles. The fourth-order valence-corrected chi connectivity index (χ4v) is 3.59. The van der Waals surface area contributed by atoms with Gasteiger partial charge in [-0.15, -0.1) is 11.8 Å². The Bertz CT molecular complexity index is 575.